The third-order valence-electron chi connectivity index (χ3n) is 2.90. The van der Waals surface area contributed by atoms with Crippen LogP contribution in [0.4, 0.5) is 5.69 Å². The third-order valence-corrected chi connectivity index (χ3v) is 2.90. The predicted octanol–water partition coefficient (Wildman–Crippen LogP) is 1.98. The standard InChI is InChI=1S/C14H17NO4/c1-2-18-14(17)10-6-3-4-7-11(10)15-13(16)12-8-5-9-19-12/h3-4,6-7,12H,2,5,8-9H2,1H3,(H,15,16)/t12-/m0/s1. The number of para-hydroxylation sites is 1. The maximum absolute atomic E-state index is 12.0. The fourth-order valence-electron chi connectivity index (χ4n) is 1.98. The van der Waals surface area contributed by atoms with Gasteiger partial charge in [-0.15, -0.1) is 0 Å². The molecule has 2 rings (SSSR count). The van der Waals surface area contributed by atoms with E-state index in [1.54, 1.807) is 31.2 Å². The van der Waals surface area contributed by atoms with Gasteiger partial charge in [0, 0.05) is 6.61 Å². The molecule has 1 fully saturated rings. The van der Waals surface area contributed by atoms with Crippen molar-refractivity contribution in [3.8, 4) is 0 Å². The number of rotatable bonds is 4. The number of benzene rings is 1. The van der Waals surface area contributed by atoms with E-state index in [1.807, 2.05) is 0 Å². The number of anilines is 1. The van der Waals surface area contributed by atoms with Crippen LogP contribution in [-0.4, -0.2) is 31.2 Å². The van der Waals surface area contributed by atoms with E-state index in [1.165, 1.54) is 0 Å². The quantitative estimate of drug-likeness (QED) is 0.844. The lowest BCUT2D eigenvalue weighted by molar-refractivity contribution is -0.124. The van der Waals surface area contributed by atoms with Crippen molar-refractivity contribution >= 4 is 17.6 Å². The highest BCUT2D eigenvalue weighted by Crippen LogP contribution is 2.19. The molecule has 5 heteroatoms. The number of hydrogen-bond acceptors (Lipinski definition) is 4. The minimum Gasteiger partial charge on any atom is -0.462 e. The Bertz CT molecular complexity index is 466. The van der Waals surface area contributed by atoms with Gasteiger partial charge in [-0.25, -0.2) is 4.79 Å². The molecule has 0 bridgehead atoms. The van der Waals surface area contributed by atoms with Gasteiger partial charge in [0.15, 0.2) is 0 Å². The molecule has 1 saturated heterocycles. The molecule has 1 N–H and O–H groups in total. The van der Waals surface area contributed by atoms with E-state index in [2.05, 4.69) is 5.32 Å². The normalized spacial score (nSPS) is 18.1. The van der Waals surface area contributed by atoms with E-state index < -0.39 is 12.1 Å². The lowest BCUT2D eigenvalue weighted by Gasteiger charge is -2.13. The highest BCUT2D eigenvalue weighted by molar-refractivity contribution is 6.02. The Balaban J connectivity index is 2.11. The van der Waals surface area contributed by atoms with Crippen LogP contribution in [0, 0.1) is 0 Å². The first-order chi connectivity index (χ1) is 9.22. The SMILES string of the molecule is CCOC(=O)c1ccccc1NC(=O)[C@@H]1CCCO1. The molecular weight excluding hydrogens is 246 g/mol. The van der Waals surface area contributed by atoms with Crippen LogP contribution < -0.4 is 5.32 Å². The van der Waals surface area contributed by atoms with Crippen LogP contribution in [0.5, 0.6) is 0 Å². The largest absolute Gasteiger partial charge is 0.462 e. The molecule has 0 saturated carbocycles. The average molecular weight is 263 g/mol. The fourth-order valence-corrected chi connectivity index (χ4v) is 1.98. The van der Waals surface area contributed by atoms with Crippen molar-refractivity contribution < 1.29 is 19.1 Å². The molecule has 5 nitrogen and oxygen atoms in total. The Kier molecular flexibility index (Phi) is 4.52. The van der Waals surface area contributed by atoms with Gasteiger partial charge in [0.25, 0.3) is 5.91 Å². The molecule has 0 aliphatic carbocycles. The topological polar surface area (TPSA) is 64.6 Å². The van der Waals surface area contributed by atoms with E-state index in [0.717, 1.165) is 6.42 Å². The number of amides is 1. The van der Waals surface area contributed by atoms with Crippen molar-refractivity contribution in [1.82, 2.24) is 0 Å². The zero-order valence-electron chi connectivity index (χ0n) is 10.8. The molecule has 1 heterocycles. The van der Waals surface area contributed by atoms with Gasteiger partial charge in [0.2, 0.25) is 0 Å². The molecule has 0 spiro atoms. The molecule has 1 aliphatic heterocycles. The van der Waals surface area contributed by atoms with Gasteiger partial charge < -0.3 is 14.8 Å². The van der Waals surface area contributed by atoms with Gasteiger partial charge in [-0.1, -0.05) is 12.1 Å². The second-order valence-corrected chi connectivity index (χ2v) is 4.26. The maximum Gasteiger partial charge on any atom is 0.340 e. The number of ether oxygens (including phenoxy) is 2. The monoisotopic (exact) mass is 263 g/mol. The first kappa shape index (κ1) is 13.5. The highest BCUT2D eigenvalue weighted by Gasteiger charge is 2.24. The lowest BCUT2D eigenvalue weighted by atomic mass is 10.1. The summed E-state index contributed by atoms with van der Waals surface area (Å²) in [6.07, 6.45) is 1.18. The first-order valence-electron chi connectivity index (χ1n) is 6.41. The summed E-state index contributed by atoms with van der Waals surface area (Å²) in [4.78, 5) is 23.7. The summed E-state index contributed by atoms with van der Waals surface area (Å²) in [6.45, 7) is 2.65. The average Bonchev–Trinajstić information content (AvgIpc) is 2.93. The van der Waals surface area contributed by atoms with E-state index in [4.69, 9.17) is 9.47 Å². The summed E-state index contributed by atoms with van der Waals surface area (Å²) >= 11 is 0. The molecule has 19 heavy (non-hydrogen) atoms. The number of nitrogens with one attached hydrogen (secondary N) is 1. The van der Waals surface area contributed by atoms with Gasteiger partial charge in [-0.05, 0) is 31.9 Å². The van der Waals surface area contributed by atoms with Crippen molar-refractivity contribution in [3.05, 3.63) is 29.8 Å². The number of esters is 1. The van der Waals surface area contributed by atoms with Crippen LogP contribution in [0.25, 0.3) is 0 Å². The molecular formula is C14H17NO4. The van der Waals surface area contributed by atoms with Crippen molar-refractivity contribution in [1.29, 1.82) is 0 Å². The van der Waals surface area contributed by atoms with Crippen LogP contribution in [-0.2, 0) is 14.3 Å². The fraction of sp³-hybridized carbons (Fsp3) is 0.429. The van der Waals surface area contributed by atoms with Crippen LogP contribution in [0.1, 0.15) is 30.1 Å². The second-order valence-electron chi connectivity index (χ2n) is 4.26. The Hall–Kier alpha value is -1.88. The Morgan fingerprint density at radius 3 is 2.89 bits per heavy atom. The summed E-state index contributed by atoms with van der Waals surface area (Å²) in [5.74, 6) is -0.653. The summed E-state index contributed by atoms with van der Waals surface area (Å²) in [5.41, 5.74) is 0.817. The summed E-state index contributed by atoms with van der Waals surface area (Å²) < 4.78 is 10.3. The Labute approximate surface area is 111 Å². The summed E-state index contributed by atoms with van der Waals surface area (Å²) in [7, 11) is 0. The van der Waals surface area contributed by atoms with Gasteiger partial charge in [0.1, 0.15) is 6.10 Å². The second kappa shape index (κ2) is 6.33. The van der Waals surface area contributed by atoms with Crippen LogP contribution in [0.2, 0.25) is 0 Å². The molecule has 1 amide bonds. The molecule has 1 atom stereocenters. The molecule has 0 radical (unpaired) electrons. The van der Waals surface area contributed by atoms with E-state index in [-0.39, 0.29) is 5.91 Å². The van der Waals surface area contributed by atoms with Gasteiger partial charge in [-0.3, -0.25) is 4.79 Å². The number of carbonyl (C=O) groups excluding carboxylic acids is 2. The van der Waals surface area contributed by atoms with Crippen molar-refractivity contribution in [2.75, 3.05) is 18.5 Å². The Morgan fingerprint density at radius 1 is 1.42 bits per heavy atom. The molecule has 1 aliphatic rings. The van der Waals surface area contributed by atoms with Crippen molar-refractivity contribution in [2.24, 2.45) is 0 Å². The van der Waals surface area contributed by atoms with Gasteiger partial charge >= 0.3 is 5.97 Å². The smallest absolute Gasteiger partial charge is 0.340 e. The molecule has 102 valence electrons. The van der Waals surface area contributed by atoms with E-state index >= 15 is 0 Å². The zero-order valence-corrected chi connectivity index (χ0v) is 10.8. The lowest BCUT2D eigenvalue weighted by Crippen LogP contribution is -2.27. The summed E-state index contributed by atoms with van der Waals surface area (Å²) in [6, 6.07) is 6.80. The summed E-state index contributed by atoms with van der Waals surface area (Å²) in [5, 5.41) is 2.73. The molecule has 0 unspecified atom stereocenters. The minimum atomic E-state index is -0.439. The minimum absolute atomic E-state index is 0.214. The first-order valence-corrected chi connectivity index (χ1v) is 6.41. The predicted molar refractivity (Wildman–Crippen MR) is 70.0 cm³/mol. The number of carbonyl (C=O) groups is 2. The molecule has 1 aromatic carbocycles. The van der Waals surface area contributed by atoms with Crippen molar-refractivity contribution in [3.63, 3.8) is 0 Å². The highest BCUT2D eigenvalue weighted by atomic mass is 16.5. The van der Waals surface area contributed by atoms with Crippen molar-refractivity contribution in [2.45, 2.75) is 25.9 Å². The van der Waals surface area contributed by atoms with Gasteiger partial charge in [0.05, 0.1) is 17.9 Å². The molecule has 1 aromatic rings. The zero-order chi connectivity index (χ0) is 13.7. The van der Waals surface area contributed by atoms with Crippen LogP contribution in [0.3, 0.4) is 0 Å². The van der Waals surface area contributed by atoms with Crippen LogP contribution >= 0.6 is 0 Å². The number of hydrogen-bond donors (Lipinski definition) is 1. The van der Waals surface area contributed by atoms with Crippen LogP contribution in [0.15, 0.2) is 24.3 Å². The third kappa shape index (κ3) is 3.32. The van der Waals surface area contributed by atoms with E-state index in [9.17, 15) is 9.59 Å². The maximum atomic E-state index is 12.0. The molecule has 0 aromatic heterocycles. The van der Waals surface area contributed by atoms with Gasteiger partial charge in [-0.2, -0.15) is 0 Å². The van der Waals surface area contributed by atoms with E-state index in [0.29, 0.717) is 30.9 Å². The Morgan fingerprint density at radius 2 is 2.21 bits per heavy atom.